The number of ether oxygens (including phenoxy) is 1. The molecule has 7 aromatic rings. The van der Waals surface area contributed by atoms with Gasteiger partial charge in [0.25, 0.3) is 0 Å². The molecule has 0 aliphatic carbocycles. The second-order valence-electron chi connectivity index (χ2n) is 10.1. The lowest BCUT2D eigenvalue weighted by atomic mass is 9.92. The zero-order valence-electron chi connectivity index (χ0n) is 22.0. The van der Waals surface area contributed by atoms with E-state index < -0.39 is 0 Å². The van der Waals surface area contributed by atoms with Gasteiger partial charge in [-0.2, -0.15) is 0 Å². The maximum atomic E-state index is 6.42. The van der Waals surface area contributed by atoms with Gasteiger partial charge in [0.15, 0.2) is 17.5 Å². The van der Waals surface area contributed by atoms with Crippen molar-refractivity contribution in [1.29, 1.82) is 0 Å². The number of aromatic nitrogens is 3. The molecule has 0 fully saturated rings. The molecule has 0 bridgehead atoms. The van der Waals surface area contributed by atoms with Crippen LogP contribution >= 0.6 is 0 Å². The molecule has 1 aliphatic heterocycles. The predicted octanol–water partition coefficient (Wildman–Crippen LogP) is 9.47. The van der Waals surface area contributed by atoms with E-state index in [1.807, 2.05) is 78.9 Å². The first-order valence-electron chi connectivity index (χ1n) is 13.6. The molecule has 1 aromatic heterocycles. The maximum absolute atomic E-state index is 6.42. The van der Waals surface area contributed by atoms with Gasteiger partial charge in [-0.25, -0.2) is 15.0 Å². The Labute approximate surface area is 237 Å². The second kappa shape index (κ2) is 9.54. The van der Waals surface area contributed by atoms with Gasteiger partial charge in [-0.3, -0.25) is 0 Å². The van der Waals surface area contributed by atoms with Crippen molar-refractivity contribution in [2.45, 2.75) is 0 Å². The van der Waals surface area contributed by atoms with Gasteiger partial charge in [-0.15, -0.1) is 0 Å². The summed E-state index contributed by atoms with van der Waals surface area (Å²) in [6.45, 7) is 0. The van der Waals surface area contributed by atoms with Gasteiger partial charge in [0.1, 0.15) is 11.5 Å². The van der Waals surface area contributed by atoms with Crippen LogP contribution < -0.4 is 4.74 Å². The fourth-order valence-corrected chi connectivity index (χ4v) is 5.52. The molecular weight excluding hydrogens is 502 g/mol. The van der Waals surface area contributed by atoms with Crippen molar-refractivity contribution in [2.75, 3.05) is 0 Å². The summed E-state index contributed by atoms with van der Waals surface area (Å²) in [6.07, 6.45) is 0. The van der Waals surface area contributed by atoms with E-state index in [1.165, 1.54) is 10.9 Å². The molecule has 192 valence electrons. The Hall–Kier alpha value is -5.61. The van der Waals surface area contributed by atoms with Crippen molar-refractivity contribution in [3.63, 3.8) is 0 Å². The lowest BCUT2D eigenvalue weighted by Gasteiger charge is -2.22. The first-order valence-corrected chi connectivity index (χ1v) is 13.6. The van der Waals surface area contributed by atoms with Crippen molar-refractivity contribution in [3.05, 3.63) is 140 Å². The Bertz CT molecular complexity index is 2010. The first-order chi connectivity index (χ1) is 20.3. The van der Waals surface area contributed by atoms with E-state index in [2.05, 4.69) is 60.7 Å². The van der Waals surface area contributed by atoms with Crippen LogP contribution in [-0.4, -0.2) is 15.0 Å². The second-order valence-corrected chi connectivity index (χ2v) is 10.1. The van der Waals surface area contributed by atoms with E-state index >= 15 is 0 Å². The SMILES string of the molecule is c1ccc(-c2nc(-c3ccccc3)nc(-c3cccc(-c4ccc5c(c4)Oc4cccc6cccc-5c46)c3)n2)cc1. The van der Waals surface area contributed by atoms with Crippen LogP contribution in [-0.2, 0) is 0 Å². The van der Waals surface area contributed by atoms with Crippen molar-refractivity contribution in [1.82, 2.24) is 15.0 Å². The lowest BCUT2D eigenvalue weighted by molar-refractivity contribution is 0.487. The van der Waals surface area contributed by atoms with E-state index in [0.29, 0.717) is 17.5 Å². The van der Waals surface area contributed by atoms with Crippen LogP contribution in [0.15, 0.2) is 140 Å². The molecule has 0 radical (unpaired) electrons. The molecule has 4 nitrogen and oxygen atoms in total. The van der Waals surface area contributed by atoms with Crippen LogP contribution in [0, 0.1) is 0 Å². The highest BCUT2D eigenvalue weighted by Gasteiger charge is 2.20. The average molecular weight is 526 g/mol. The molecule has 8 rings (SSSR count). The molecule has 0 saturated heterocycles. The highest BCUT2D eigenvalue weighted by atomic mass is 16.5. The Morgan fingerprint density at radius 3 is 1.63 bits per heavy atom. The summed E-state index contributed by atoms with van der Waals surface area (Å²) in [4.78, 5) is 14.6. The molecule has 0 amide bonds. The summed E-state index contributed by atoms with van der Waals surface area (Å²) in [5, 5.41) is 2.35. The number of nitrogens with zero attached hydrogens (tertiary/aromatic N) is 3. The third-order valence-electron chi connectivity index (χ3n) is 7.51. The summed E-state index contributed by atoms with van der Waals surface area (Å²) >= 11 is 0. The summed E-state index contributed by atoms with van der Waals surface area (Å²) < 4.78 is 6.42. The van der Waals surface area contributed by atoms with Crippen molar-refractivity contribution >= 4 is 10.8 Å². The molecule has 0 atom stereocenters. The Balaban J connectivity index is 1.23. The molecular formula is C37H23N3O. The highest BCUT2D eigenvalue weighted by molar-refractivity contribution is 6.04. The zero-order chi connectivity index (χ0) is 27.2. The molecule has 0 spiro atoms. The zero-order valence-corrected chi connectivity index (χ0v) is 22.0. The Morgan fingerprint density at radius 2 is 0.927 bits per heavy atom. The average Bonchev–Trinajstić information content (AvgIpc) is 3.05. The lowest BCUT2D eigenvalue weighted by Crippen LogP contribution is -2.00. The van der Waals surface area contributed by atoms with Gasteiger partial charge in [-0.1, -0.05) is 115 Å². The third kappa shape index (κ3) is 4.14. The van der Waals surface area contributed by atoms with Gasteiger partial charge < -0.3 is 4.74 Å². The fraction of sp³-hybridized carbons (Fsp3) is 0. The van der Waals surface area contributed by atoms with E-state index in [1.54, 1.807) is 0 Å². The molecule has 0 unspecified atom stereocenters. The smallest absolute Gasteiger partial charge is 0.164 e. The van der Waals surface area contributed by atoms with E-state index in [-0.39, 0.29) is 0 Å². The summed E-state index contributed by atoms with van der Waals surface area (Å²) in [5.74, 6) is 3.68. The quantitative estimate of drug-likeness (QED) is 0.230. The van der Waals surface area contributed by atoms with Gasteiger partial charge in [0.05, 0.1) is 0 Å². The van der Waals surface area contributed by atoms with Crippen molar-refractivity contribution in [2.24, 2.45) is 0 Å². The molecule has 2 heterocycles. The summed E-state index contributed by atoms with van der Waals surface area (Å²) in [6, 6.07) is 47.5. The molecule has 4 heteroatoms. The normalized spacial score (nSPS) is 11.6. The van der Waals surface area contributed by atoms with Crippen molar-refractivity contribution in [3.8, 4) is 67.9 Å². The molecule has 0 saturated carbocycles. The van der Waals surface area contributed by atoms with Crippen LogP contribution in [0.3, 0.4) is 0 Å². The number of fused-ring (bicyclic) bond motifs is 2. The fourth-order valence-electron chi connectivity index (χ4n) is 5.52. The van der Waals surface area contributed by atoms with E-state index in [0.717, 1.165) is 50.3 Å². The molecule has 41 heavy (non-hydrogen) atoms. The number of hydrogen-bond donors (Lipinski definition) is 0. The molecule has 0 N–H and O–H groups in total. The van der Waals surface area contributed by atoms with E-state index in [4.69, 9.17) is 19.7 Å². The number of hydrogen-bond acceptors (Lipinski definition) is 4. The van der Waals surface area contributed by atoms with Crippen molar-refractivity contribution < 1.29 is 4.74 Å². The maximum Gasteiger partial charge on any atom is 0.164 e. The van der Waals surface area contributed by atoms with Crippen LogP contribution in [0.1, 0.15) is 0 Å². The Morgan fingerprint density at radius 1 is 0.366 bits per heavy atom. The minimum Gasteiger partial charge on any atom is -0.456 e. The molecule has 1 aliphatic rings. The van der Waals surface area contributed by atoms with Crippen LogP contribution in [0.4, 0.5) is 0 Å². The first kappa shape index (κ1) is 23.3. The third-order valence-corrected chi connectivity index (χ3v) is 7.51. The number of rotatable bonds is 4. The Kier molecular flexibility index (Phi) is 5.42. The minimum absolute atomic E-state index is 0.634. The highest BCUT2D eigenvalue weighted by Crippen LogP contribution is 2.47. The monoisotopic (exact) mass is 525 g/mol. The van der Waals surface area contributed by atoms with Gasteiger partial charge >= 0.3 is 0 Å². The number of benzene rings is 6. The predicted molar refractivity (Wildman–Crippen MR) is 165 cm³/mol. The topological polar surface area (TPSA) is 47.9 Å². The standard InChI is InChI=1S/C37H23N3O/c1-3-10-25(11-4-1)35-38-36(26-12-5-2-6-13-26)40-37(39-35)29-17-7-16-27(22-29)28-20-21-30-31-18-8-14-24-15-9-19-32(34(24)31)41-33(30)23-28/h1-23H. The van der Waals surface area contributed by atoms with Crippen LogP contribution in [0.5, 0.6) is 11.5 Å². The van der Waals surface area contributed by atoms with Gasteiger partial charge in [0, 0.05) is 27.6 Å². The molecule has 6 aromatic carbocycles. The van der Waals surface area contributed by atoms with E-state index in [9.17, 15) is 0 Å². The van der Waals surface area contributed by atoms with Gasteiger partial charge in [-0.05, 0) is 46.3 Å². The van der Waals surface area contributed by atoms with Gasteiger partial charge in [0.2, 0.25) is 0 Å². The minimum atomic E-state index is 0.634. The summed E-state index contributed by atoms with van der Waals surface area (Å²) in [7, 11) is 0. The van der Waals surface area contributed by atoms with Crippen LogP contribution in [0.2, 0.25) is 0 Å². The van der Waals surface area contributed by atoms with Crippen LogP contribution in [0.25, 0.3) is 67.2 Å². The summed E-state index contributed by atoms with van der Waals surface area (Å²) in [5.41, 5.74) is 7.26. The largest absolute Gasteiger partial charge is 0.456 e.